The third-order valence-electron chi connectivity index (χ3n) is 7.35. The highest BCUT2D eigenvalue weighted by atomic mass is 16.3. The first-order valence-electron chi connectivity index (χ1n) is 12.5. The number of anilines is 3. The van der Waals surface area contributed by atoms with E-state index < -0.39 is 0 Å². The lowest BCUT2D eigenvalue weighted by atomic mass is 9.97. The average Bonchev–Trinajstić information content (AvgIpc) is 3.31. The van der Waals surface area contributed by atoms with Gasteiger partial charge in [0.1, 0.15) is 17.8 Å². The minimum atomic E-state index is -0.244. The molecule has 1 aromatic carbocycles. The molecular weight excluding hydrogens is 468 g/mol. The Balaban J connectivity index is 1.40. The molecule has 0 aliphatic carbocycles. The first-order valence-corrected chi connectivity index (χ1v) is 12.5. The number of benzene rings is 1. The van der Waals surface area contributed by atoms with Crippen molar-refractivity contribution in [3.05, 3.63) is 88.0 Å². The van der Waals surface area contributed by atoms with Crippen LogP contribution in [0, 0.1) is 0 Å². The maximum Gasteiger partial charge on any atom is 0.274 e. The smallest absolute Gasteiger partial charge is 0.274 e. The Bertz CT molecular complexity index is 1560. The fourth-order valence-electron chi connectivity index (χ4n) is 5.57. The zero-order valence-corrected chi connectivity index (χ0v) is 20.6. The van der Waals surface area contributed by atoms with Crippen LogP contribution in [0.1, 0.15) is 40.2 Å². The number of aromatic nitrogens is 4. The van der Waals surface area contributed by atoms with Crippen LogP contribution in [0.3, 0.4) is 0 Å². The molecule has 9 nitrogen and oxygen atoms in total. The molecule has 37 heavy (non-hydrogen) atoms. The molecule has 3 aromatic heterocycles. The van der Waals surface area contributed by atoms with Crippen molar-refractivity contribution in [3.63, 3.8) is 0 Å². The van der Waals surface area contributed by atoms with Crippen LogP contribution in [0.4, 0.5) is 17.2 Å². The van der Waals surface area contributed by atoms with Gasteiger partial charge in [0.2, 0.25) is 0 Å². The van der Waals surface area contributed by atoms with E-state index in [1.54, 1.807) is 36.5 Å². The van der Waals surface area contributed by atoms with Gasteiger partial charge in [-0.25, -0.2) is 9.97 Å². The van der Waals surface area contributed by atoms with Crippen LogP contribution in [0.5, 0.6) is 0 Å². The first kappa shape index (κ1) is 23.2. The number of aliphatic hydroxyl groups excluding tert-OH is 1. The van der Waals surface area contributed by atoms with Gasteiger partial charge in [0, 0.05) is 61.5 Å². The molecule has 0 unspecified atom stereocenters. The van der Waals surface area contributed by atoms with Gasteiger partial charge in [-0.1, -0.05) is 12.1 Å². The quantitative estimate of drug-likeness (QED) is 0.439. The van der Waals surface area contributed by atoms with Crippen molar-refractivity contribution in [3.8, 4) is 11.1 Å². The number of fused-ring (bicyclic) bond motifs is 3. The van der Waals surface area contributed by atoms with Gasteiger partial charge in [-0.05, 0) is 49.1 Å². The van der Waals surface area contributed by atoms with E-state index in [0.29, 0.717) is 29.3 Å². The van der Waals surface area contributed by atoms with E-state index in [0.717, 1.165) is 54.6 Å². The van der Waals surface area contributed by atoms with Crippen molar-refractivity contribution < 1.29 is 9.90 Å². The van der Waals surface area contributed by atoms with Crippen molar-refractivity contribution in [2.75, 3.05) is 16.8 Å². The lowest BCUT2D eigenvalue weighted by Crippen LogP contribution is -2.38. The minimum absolute atomic E-state index is 0.0263. The SMILES string of the molecule is Cn1cc(-c2cccc(N3CCc4c(cc5n4CCCC5)C3=O)c2CO)cc(Nc2ccncn2)c1=O. The van der Waals surface area contributed by atoms with Crippen LogP contribution in [0.25, 0.3) is 11.1 Å². The number of carbonyl (C=O) groups is 1. The molecule has 4 aromatic rings. The Morgan fingerprint density at radius 2 is 1.95 bits per heavy atom. The van der Waals surface area contributed by atoms with Gasteiger partial charge in [0.15, 0.2) is 0 Å². The highest BCUT2D eigenvalue weighted by molar-refractivity contribution is 6.09. The molecule has 2 aliphatic rings. The number of nitrogens with zero attached hydrogens (tertiary/aromatic N) is 5. The van der Waals surface area contributed by atoms with Crippen molar-refractivity contribution in [2.45, 2.75) is 38.8 Å². The Morgan fingerprint density at radius 1 is 1.05 bits per heavy atom. The third kappa shape index (κ3) is 4.01. The number of carbonyl (C=O) groups excluding carboxylic acids is 1. The van der Waals surface area contributed by atoms with Crippen LogP contribution in [-0.4, -0.2) is 36.7 Å². The summed E-state index contributed by atoms with van der Waals surface area (Å²) in [4.78, 5) is 36.3. The minimum Gasteiger partial charge on any atom is -0.392 e. The molecule has 0 fully saturated rings. The highest BCUT2D eigenvalue weighted by Crippen LogP contribution is 2.36. The molecule has 5 heterocycles. The summed E-state index contributed by atoms with van der Waals surface area (Å²) in [6, 6.07) is 11.2. The van der Waals surface area contributed by atoms with E-state index >= 15 is 0 Å². The summed E-state index contributed by atoms with van der Waals surface area (Å²) < 4.78 is 3.82. The van der Waals surface area contributed by atoms with E-state index in [4.69, 9.17) is 0 Å². The van der Waals surface area contributed by atoms with E-state index in [9.17, 15) is 14.7 Å². The third-order valence-corrected chi connectivity index (χ3v) is 7.35. The number of pyridine rings is 1. The van der Waals surface area contributed by atoms with Crippen LogP contribution in [-0.2, 0) is 33.0 Å². The van der Waals surface area contributed by atoms with Gasteiger partial charge in [0.05, 0.1) is 17.9 Å². The van der Waals surface area contributed by atoms with Crippen LogP contribution < -0.4 is 15.8 Å². The molecule has 2 aliphatic heterocycles. The average molecular weight is 497 g/mol. The summed E-state index contributed by atoms with van der Waals surface area (Å²) in [5.41, 5.74) is 6.15. The summed E-state index contributed by atoms with van der Waals surface area (Å²) in [7, 11) is 1.68. The van der Waals surface area contributed by atoms with Crippen LogP contribution in [0.15, 0.2) is 59.9 Å². The normalized spacial score (nSPS) is 14.9. The van der Waals surface area contributed by atoms with Crippen molar-refractivity contribution >= 4 is 23.1 Å². The van der Waals surface area contributed by atoms with Crippen LogP contribution >= 0.6 is 0 Å². The fourth-order valence-corrected chi connectivity index (χ4v) is 5.57. The molecule has 0 spiro atoms. The molecule has 6 rings (SSSR count). The summed E-state index contributed by atoms with van der Waals surface area (Å²) >= 11 is 0. The molecule has 9 heteroatoms. The molecule has 188 valence electrons. The second-order valence-electron chi connectivity index (χ2n) is 9.55. The molecule has 0 saturated carbocycles. The van der Waals surface area contributed by atoms with Gasteiger partial charge in [0.25, 0.3) is 11.5 Å². The summed E-state index contributed by atoms with van der Waals surface area (Å²) in [5, 5.41) is 13.6. The second kappa shape index (κ2) is 9.33. The molecular formula is C28H28N6O3. The Morgan fingerprint density at radius 3 is 2.76 bits per heavy atom. The standard InChI is InChI=1S/C28H28N6O3/c1-32-15-18(13-23(28(32)37)31-26-8-10-29-17-30-26)20-6-4-7-24(22(20)16-35)34-12-9-25-21(27(34)36)14-19-5-2-3-11-33(19)25/h4,6-8,10,13-15,17,35H,2-3,5,9,11-12,16H2,1H3,(H,29,30,31). The zero-order chi connectivity index (χ0) is 25.5. The number of rotatable bonds is 5. The van der Waals surface area contributed by atoms with Gasteiger partial charge >= 0.3 is 0 Å². The van der Waals surface area contributed by atoms with E-state index in [2.05, 4.69) is 25.9 Å². The maximum atomic E-state index is 13.7. The zero-order valence-electron chi connectivity index (χ0n) is 20.6. The molecule has 0 atom stereocenters. The molecule has 1 amide bonds. The molecule has 0 saturated heterocycles. The predicted molar refractivity (Wildman–Crippen MR) is 141 cm³/mol. The monoisotopic (exact) mass is 496 g/mol. The second-order valence-corrected chi connectivity index (χ2v) is 9.55. The summed E-state index contributed by atoms with van der Waals surface area (Å²) in [6.45, 7) is 1.29. The number of amides is 1. The van der Waals surface area contributed by atoms with Gasteiger partial charge in [-0.3, -0.25) is 9.59 Å². The Labute approximate surface area is 214 Å². The van der Waals surface area contributed by atoms with E-state index in [1.165, 1.54) is 16.6 Å². The van der Waals surface area contributed by atoms with E-state index in [1.807, 2.05) is 18.2 Å². The van der Waals surface area contributed by atoms with Gasteiger partial charge < -0.3 is 24.5 Å². The van der Waals surface area contributed by atoms with Gasteiger partial charge in [-0.15, -0.1) is 0 Å². The largest absolute Gasteiger partial charge is 0.392 e. The van der Waals surface area contributed by atoms with Gasteiger partial charge in [-0.2, -0.15) is 0 Å². The van der Waals surface area contributed by atoms with Crippen LogP contribution in [0.2, 0.25) is 0 Å². The lowest BCUT2D eigenvalue weighted by Gasteiger charge is -2.30. The fraction of sp³-hybridized carbons (Fsp3) is 0.286. The number of hydrogen-bond acceptors (Lipinski definition) is 6. The van der Waals surface area contributed by atoms with Crippen molar-refractivity contribution in [1.29, 1.82) is 0 Å². The number of nitrogens with one attached hydrogen (secondary N) is 1. The lowest BCUT2D eigenvalue weighted by molar-refractivity contribution is 0.0979. The Hall–Kier alpha value is -4.24. The molecule has 2 N–H and O–H groups in total. The maximum absolute atomic E-state index is 13.7. The molecule has 0 radical (unpaired) electrons. The Kier molecular flexibility index (Phi) is 5.84. The highest BCUT2D eigenvalue weighted by Gasteiger charge is 2.32. The molecule has 0 bridgehead atoms. The summed E-state index contributed by atoms with van der Waals surface area (Å²) in [5.74, 6) is 0.479. The topological polar surface area (TPSA) is 105 Å². The predicted octanol–water partition coefficient (Wildman–Crippen LogP) is 3.42. The number of aliphatic hydroxyl groups is 1. The van der Waals surface area contributed by atoms with Crippen molar-refractivity contribution in [2.24, 2.45) is 7.05 Å². The first-order chi connectivity index (χ1) is 18.0. The number of aryl methyl sites for hydroxylation is 2. The van der Waals surface area contributed by atoms with E-state index in [-0.39, 0.29) is 18.1 Å². The summed E-state index contributed by atoms with van der Waals surface area (Å²) in [6.07, 6.45) is 8.84. The van der Waals surface area contributed by atoms with Crippen molar-refractivity contribution in [1.82, 2.24) is 19.1 Å². The number of hydrogen-bond donors (Lipinski definition) is 2.